The Morgan fingerprint density at radius 2 is 1.84 bits per heavy atom. The minimum absolute atomic E-state index is 0.0187. The summed E-state index contributed by atoms with van der Waals surface area (Å²) < 4.78 is 13.1. The maximum absolute atomic E-state index is 13.1. The first-order chi connectivity index (χ1) is 9.06. The zero-order valence-corrected chi connectivity index (χ0v) is 9.93. The number of anilines is 1. The summed E-state index contributed by atoms with van der Waals surface area (Å²) in [6.07, 6.45) is -0.0187. The zero-order valence-electron chi connectivity index (χ0n) is 9.93. The van der Waals surface area contributed by atoms with E-state index in [-0.39, 0.29) is 23.8 Å². The number of aromatic hydroxyl groups is 2. The Hall–Kier alpha value is -2.56. The monoisotopic (exact) mass is 261 g/mol. The Labute approximate surface area is 109 Å². The van der Waals surface area contributed by atoms with Crippen molar-refractivity contribution in [2.75, 3.05) is 5.32 Å². The summed E-state index contributed by atoms with van der Waals surface area (Å²) in [5, 5.41) is 21.0. The van der Waals surface area contributed by atoms with Gasteiger partial charge in [0.1, 0.15) is 5.75 Å². The molecule has 0 radical (unpaired) electrons. The van der Waals surface area contributed by atoms with E-state index in [4.69, 9.17) is 5.11 Å². The summed E-state index contributed by atoms with van der Waals surface area (Å²) >= 11 is 0. The predicted molar refractivity (Wildman–Crippen MR) is 68.5 cm³/mol. The average Bonchev–Trinajstić information content (AvgIpc) is 2.37. The van der Waals surface area contributed by atoms with Crippen molar-refractivity contribution < 1.29 is 19.4 Å². The third-order valence-corrected chi connectivity index (χ3v) is 2.57. The number of nitrogens with one attached hydrogen (secondary N) is 1. The van der Waals surface area contributed by atoms with Crippen LogP contribution in [0.15, 0.2) is 42.5 Å². The van der Waals surface area contributed by atoms with Gasteiger partial charge in [-0.05, 0) is 18.2 Å². The second-order valence-corrected chi connectivity index (χ2v) is 4.02. The molecule has 5 heteroatoms. The lowest BCUT2D eigenvalue weighted by atomic mass is 10.1. The van der Waals surface area contributed by atoms with Gasteiger partial charge >= 0.3 is 0 Å². The van der Waals surface area contributed by atoms with Crippen molar-refractivity contribution in [3.8, 4) is 11.5 Å². The van der Waals surface area contributed by atoms with E-state index in [0.717, 1.165) is 12.1 Å². The molecular weight excluding hydrogens is 249 g/mol. The molecule has 0 heterocycles. The first-order valence-electron chi connectivity index (χ1n) is 5.61. The van der Waals surface area contributed by atoms with Crippen LogP contribution in [0, 0.1) is 5.82 Å². The summed E-state index contributed by atoms with van der Waals surface area (Å²) in [7, 11) is 0. The van der Waals surface area contributed by atoms with E-state index < -0.39 is 11.6 Å². The largest absolute Gasteiger partial charge is 0.508 e. The molecule has 2 aromatic rings. The minimum atomic E-state index is -0.805. The molecule has 0 unspecified atom stereocenters. The van der Waals surface area contributed by atoms with E-state index in [9.17, 15) is 14.3 Å². The van der Waals surface area contributed by atoms with E-state index in [1.54, 1.807) is 18.2 Å². The summed E-state index contributed by atoms with van der Waals surface area (Å²) in [5.41, 5.74) is 0.731. The number of phenolic OH excluding ortho intramolecular Hbond substituents is 2. The van der Waals surface area contributed by atoms with E-state index in [2.05, 4.69) is 5.32 Å². The highest BCUT2D eigenvalue weighted by atomic mass is 19.1. The van der Waals surface area contributed by atoms with Gasteiger partial charge in [-0.1, -0.05) is 18.2 Å². The number of halogens is 1. The van der Waals surface area contributed by atoms with Crippen LogP contribution in [0.1, 0.15) is 5.56 Å². The second-order valence-electron chi connectivity index (χ2n) is 4.02. The molecule has 0 saturated carbocycles. The quantitative estimate of drug-likeness (QED) is 0.743. The van der Waals surface area contributed by atoms with Crippen molar-refractivity contribution >= 4 is 11.6 Å². The van der Waals surface area contributed by atoms with Crippen molar-refractivity contribution in [3.05, 3.63) is 53.8 Å². The van der Waals surface area contributed by atoms with Crippen LogP contribution in [0.2, 0.25) is 0 Å². The Bertz CT molecular complexity index is 613. The van der Waals surface area contributed by atoms with E-state index in [1.807, 2.05) is 0 Å². The molecule has 0 aromatic heterocycles. The average molecular weight is 261 g/mol. The second kappa shape index (κ2) is 5.39. The molecule has 2 aromatic carbocycles. The Morgan fingerprint density at radius 3 is 2.53 bits per heavy atom. The molecule has 0 aliphatic heterocycles. The lowest BCUT2D eigenvalue weighted by Crippen LogP contribution is -2.14. The van der Waals surface area contributed by atoms with Crippen LogP contribution in [-0.4, -0.2) is 16.1 Å². The minimum Gasteiger partial charge on any atom is -0.508 e. The Kier molecular flexibility index (Phi) is 3.66. The fraction of sp³-hybridized carbons (Fsp3) is 0.0714. The van der Waals surface area contributed by atoms with Crippen molar-refractivity contribution in [1.82, 2.24) is 0 Å². The lowest BCUT2D eigenvalue weighted by Gasteiger charge is -2.07. The molecule has 4 nitrogen and oxygen atoms in total. The molecule has 0 bridgehead atoms. The third-order valence-electron chi connectivity index (χ3n) is 2.57. The van der Waals surface area contributed by atoms with Gasteiger partial charge in [-0.3, -0.25) is 4.79 Å². The molecule has 1 amide bonds. The van der Waals surface area contributed by atoms with Gasteiger partial charge in [-0.25, -0.2) is 4.39 Å². The molecule has 2 rings (SSSR count). The number of hydrogen-bond donors (Lipinski definition) is 3. The van der Waals surface area contributed by atoms with Gasteiger partial charge in [0.2, 0.25) is 5.91 Å². The van der Waals surface area contributed by atoms with Gasteiger partial charge in [-0.2, -0.15) is 0 Å². The molecule has 0 saturated heterocycles. The van der Waals surface area contributed by atoms with Gasteiger partial charge in [-0.15, -0.1) is 0 Å². The standard InChI is InChI=1S/C14H12FNO3/c15-11-8-10(5-6-13(11)18)16-14(19)7-9-3-1-2-4-12(9)17/h1-6,8,17-18H,7H2,(H,16,19). The summed E-state index contributed by atoms with van der Waals surface area (Å²) in [4.78, 5) is 11.7. The maximum Gasteiger partial charge on any atom is 0.228 e. The van der Waals surface area contributed by atoms with Crippen LogP contribution in [0.3, 0.4) is 0 Å². The number of rotatable bonds is 3. The molecule has 19 heavy (non-hydrogen) atoms. The molecule has 0 spiro atoms. The fourth-order valence-electron chi connectivity index (χ4n) is 1.62. The Balaban J connectivity index is 2.05. The molecular formula is C14H12FNO3. The highest BCUT2D eigenvalue weighted by Crippen LogP contribution is 2.20. The smallest absolute Gasteiger partial charge is 0.228 e. The molecule has 0 fully saturated rings. The zero-order chi connectivity index (χ0) is 13.8. The normalized spacial score (nSPS) is 10.2. The van der Waals surface area contributed by atoms with Gasteiger partial charge in [0, 0.05) is 17.3 Å². The van der Waals surface area contributed by atoms with E-state index in [1.165, 1.54) is 12.1 Å². The van der Waals surface area contributed by atoms with Crippen molar-refractivity contribution in [1.29, 1.82) is 0 Å². The fourth-order valence-corrected chi connectivity index (χ4v) is 1.62. The van der Waals surface area contributed by atoms with Gasteiger partial charge in [0.25, 0.3) is 0 Å². The molecule has 98 valence electrons. The summed E-state index contributed by atoms with van der Waals surface area (Å²) in [5.74, 6) is -1.62. The maximum atomic E-state index is 13.1. The number of carbonyl (C=O) groups is 1. The molecule has 0 atom stereocenters. The summed E-state index contributed by atoms with van der Waals surface area (Å²) in [6, 6.07) is 10.1. The van der Waals surface area contributed by atoms with Crippen molar-refractivity contribution in [3.63, 3.8) is 0 Å². The van der Waals surface area contributed by atoms with Crippen LogP contribution in [0.4, 0.5) is 10.1 Å². The van der Waals surface area contributed by atoms with Crippen LogP contribution in [0.5, 0.6) is 11.5 Å². The van der Waals surface area contributed by atoms with Gasteiger partial charge in [0.05, 0.1) is 6.42 Å². The Morgan fingerprint density at radius 1 is 1.11 bits per heavy atom. The third kappa shape index (κ3) is 3.22. The van der Waals surface area contributed by atoms with Gasteiger partial charge in [0.15, 0.2) is 11.6 Å². The van der Waals surface area contributed by atoms with Crippen molar-refractivity contribution in [2.24, 2.45) is 0 Å². The molecule has 0 aliphatic carbocycles. The number of para-hydroxylation sites is 1. The molecule has 3 N–H and O–H groups in total. The number of phenols is 2. The van der Waals surface area contributed by atoms with Crippen LogP contribution >= 0.6 is 0 Å². The highest BCUT2D eigenvalue weighted by Gasteiger charge is 2.08. The first kappa shape index (κ1) is 12.9. The van der Waals surface area contributed by atoms with Crippen molar-refractivity contribution in [2.45, 2.75) is 6.42 Å². The lowest BCUT2D eigenvalue weighted by molar-refractivity contribution is -0.115. The number of amides is 1. The highest BCUT2D eigenvalue weighted by molar-refractivity contribution is 5.92. The van der Waals surface area contributed by atoms with Gasteiger partial charge < -0.3 is 15.5 Å². The topological polar surface area (TPSA) is 69.6 Å². The van der Waals surface area contributed by atoms with Crippen LogP contribution < -0.4 is 5.32 Å². The van der Waals surface area contributed by atoms with Crippen LogP contribution in [-0.2, 0) is 11.2 Å². The molecule has 0 aliphatic rings. The predicted octanol–water partition coefficient (Wildman–Crippen LogP) is 2.42. The van der Waals surface area contributed by atoms with E-state index in [0.29, 0.717) is 5.56 Å². The number of benzene rings is 2. The first-order valence-corrected chi connectivity index (χ1v) is 5.61. The van der Waals surface area contributed by atoms with E-state index >= 15 is 0 Å². The summed E-state index contributed by atoms with van der Waals surface area (Å²) in [6.45, 7) is 0. The SMILES string of the molecule is O=C(Cc1ccccc1O)Nc1ccc(O)c(F)c1. The van der Waals surface area contributed by atoms with Crippen LogP contribution in [0.25, 0.3) is 0 Å². The number of hydrogen-bond acceptors (Lipinski definition) is 3. The number of carbonyl (C=O) groups excluding carboxylic acids is 1.